The van der Waals surface area contributed by atoms with E-state index in [1.54, 1.807) is 0 Å². The van der Waals surface area contributed by atoms with E-state index in [4.69, 9.17) is 4.99 Å². The zero-order valence-corrected chi connectivity index (χ0v) is 16.9. The summed E-state index contributed by atoms with van der Waals surface area (Å²) in [6.45, 7) is 18.2. The van der Waals surface area contributed by atoms with Gasteiger partial charge in [0.2, 0.25) is 0 Å². The minimum atomic E-state index is 0.304. The van der Waals surface area contributed by atoms with Crippen molar-refractivity contribution in [2.24, 2.45) is 4.99 Å². The molecule has 0 aromatic rings. The predicted molar refractivity (Wildman–Crippen MR) is 105 cm³/mol. The molecule has 0 N–H and O–H groups in total. The second-order valence-corrected chi connectivity index (χ2v) is 6.75. The first-order valence-corrected chi connectivity index (χ1v) is 10.1. The van der Waals surface area contributed by atoms with Gasteiger partial charge in [-0.15, -0.1) is 0 Å². The fourth-order valence-corrected chi connectivity index (χ4v) is 2.77. The van der Waals surface area contributed by atoms with Gasteiger partial charge in [-0.05, 0) is 39.5 Å². The van der Waals surface area contributed by atoms with Gasteiger partial charge in [0, 0.05) is 26.2 Å². The first kappa shape index (κ1) is 22.4. The lowest BCUT2D eigenvalue weighted by Gasteiger charge is -2.30. The van der Waals surface area contributed by atoms with Crippen LogP contribution >= 0.6 is 0 Å². The molecule has 0 spiro atoms. The molecule has 0 aliphatic carbocycles. The van der Waals surface area contributed by atoms with Crippen LogP contribution in [0.4, 0.5) is 0 Å². The van der Waals surface area contributed by atoms with Crippen LogP contribution in [0.3, 0.4) is 0 Å². The number of unbranched alkanes of at least 4 members (excludes halogenated alkanes) is 4. The van der Waals surface area contributed by atoms with E-state index in [0.29, 0.717) is 6.17 Å². The molecule has 0 aromatic carbocycles. The van der Waals surface area contributed by atoms with E-state index in [1.807, 2.05) is 0 Å². The van der Waals surface area contributed by atoms with Gasteiger partial charge in [0.25, 0.3) is 0 Å². The molecule has 138 valence electrons. The standard InChI is InChI=1S/C20H43N3/c1-7-11-15-22(16-12-8-2)19(5)21-20(6)23(17-13-9-3)18-14-10-4/h19H,7-18H2,1-6H3. The first-order chi connectivity index (χ1) is 11.1. The maximum atomic E-state index is 5.06. The van der Waals surface area contributed by atoms with Crippen molar-refractivity contribution in [3.63, 3.8) is 0 Å². The molecule has 0 radical (unpaired) electrons. The molecule has 0 amide bonds. The second kappa shape index (κ2) is 15.0. The van der Waals surface area contributed by atoms with E-state index in [9.17, 15) is 0 Å². The quantitative estimate of drug-likeness (QED) is 0.308. The summed E-state index contributed by atoms with van der Waals surface area (Å²) in [7, 11) is 0. The highest BCUT2D eigenvalue weighted by molar-refractivity contribution is 5.79. The van der Waals surface area contributed by atoms with Gasteiger partial charge in [0.1, 0.15) is 6.17 Å². The zero-order chi connectivity index (χ0) is 17.5. The van der Waals surface area contributed by atoms with E-state index < -0.39 is 0 Å². The molecule has 1 unspecified atom stereocenters. The van der Waals surface area contributed by atoms with Crippen molar-refractivity contribution in [1.29, 1.82) is 0 Å². The molecule has 0 saturated carbocycles. The Balaban J connectivity index is 4.78. The molecule has 3 nitrogen and oxygen atoms in total. The summed E-state index contributed by atoms with van der Waals surface area (Å²) < 4.78 is 0. The van der Waals surface area contributed by atoms with Crippen molar-refractivity contribution in [1.82, 2.24) is 9.80 Å². The monoisotopic (exact) mass is 325 g/mol. The second-order valence-electron chi connectivity index (χ2n) is 6.75. The predicted octanol–water partition coefficient (Wildman–Crippen LogP) is 5.56. The molecular weight excluding hydrogens is 282 g/mol. The van der Waals surface area contributed by atoms with Crippen LogP contribution in [-0.2, 0) is 0 Å². The van der Waals surface area contributed by atoms with Crippen LogP contribution in [0.5, 0.6) is 0 Å². The SMILES string of the molecule is CCCCN(CCCC)C(C)=NC(C)N(CCCC)CCCC. The summed E-state index contributed by atoms with van der Waals surface area (Å²) in [5.41, 5.74) is 0. The van der Waals surface area contributed by atoms with E-state index in [2.05, 4.69) is 51.3 Å². The Hall–Kier alpha value is -0.570. The number of hydrogen-bond donors (Lipinski definition) is 0. The molecule has 0 aliphatic heterocycles. The van der Waals surface area contributed by atoms with Gasteiger partial charge in [0.05, 0.1) is 5.84 Å². The van der Waals surface area contributed by atoms with Crippen molar-refractivity contribution >= 4 is 5.84 Å². The average Bonchev–Trinajstić information content (AvgIpc) is 2.54. The molecule has 0 bridgehead atoms. The van der Waals surface area contributed by atoms with E-state index in [-0.39, 0.29) is 0 Å². The van der Waals surface area contributed by atoms with Crippen molar-refractivity contribution in [3.05, 3.63) is 0 Å². The Labute approximate surface area is 146 Å². The fraction of sp³-hybridized carbons (Fsp3) is 0.950. The van der Waals surface area contributed by atoms with Gasteiger partial charge >= 0.3 is 0 Å². The molecule has 23 heavy (non-hydrogen) atoms. The van der Waals surface area contributed by atoms with Crippen LogP contribution in [0.25, 0.3) is 0 Å². The topological polar surface area (TPSA) is 18.8 Å². The summed E-state index contributed by atoms with van der Waals surface area (Å²) in [5.74, 6) is 1.23. The average molecular weight is 326 g/mol. The minimum Gasteiger partial charge on any atom is -0.361 e. The van der Waals surface area contributed by atoms with Crippen molar-refractivity contribution in [2.75, 3.05) is 26.2 Å². The highest BCUT2D eigenvalue weighted by Gasteiger charge is 2.14. The lowest BCUT2D eigenvalue weighted by atomic mass is 10.2. The normalized spacial score (nSPS) is 13.6. The lowest BCUT2D eigenvalue weighted by molar-refractivity contribution is 0.206. The van der Waals surface area contributed by atoms with Crippen molar-refractivity contribution < 1.29 is 0 Å². The maximum absolute atomic E-state index is 5.06. The molecule has 0 aliphatic rings. The summed E-state index contributed by atoms with van der Waals surface area (Å²) in [4.78, 5) is 10.1. The first-order valence-electron chi connectivity index (χ1n) is 10.1. The number of rotatable bonds is 14. The van der Waals surface area contributed by atoms with E-state index >= 15 is 0 Å². The Kier molecular flexibility index (Phi) is 14.6. The lowest BCUT2D eigenvalue weighted by Crippen LogP contribution is -2.37. The van der Waals surface area contributed by atoms with Crippen LogP contribution in [0.1, 0.15) is 92.9 Å². The fourth-order valence-electron chi connectivity index (χ4n) is 2.77. The summed E-state index contributed by atoms with van der Waals surface area (Å²) in [5, 5.41) is 0. The molecule has 0 saturated heterocycles. The third-order valence-corrected chi connectivity index (χ3v) is 4.52. The van der Waals surface area contributed by atoms with Crippen LogP contribution in [-0.4, -0.2) is 48.0 Å². The number of hydrogen-bond acceptors (Lipinski definition) is 2. The van der Waals surface area contributed by atoms with Crippen LogP contribution in [0.15, 0.2) is 4.99 Å². The molecule has 0 heterocycles. The van der Waals surface area contributed by atoms with Crippen molar-refractivity contribution in [3.8, 4) is 0 Å². The van der Waals surface area contributed by atoms with Crippen LogP contribution in [0.2, 0.25) is 0 Å². The maximum Gasteiger partial charge on any atom is 0.101 e. The molecule has 0 aromatic heterocycles. The van der Waals surface area contributed by atoms with Gasteiger partial charge in [-0.1, -0.05) is 53.4 Å². The Bertz CT molecular complexity index is 273. The summed E-state index contributed by atoms with van der Waals surface area (Å²) in [6, 6.07) is 0. The van der Waals surface area contributed by atoms with Crippen LogP contribution in [0, 0.1) is 0 Å². The Morgan fingerprint density at radius 1 is 0.739 bits per heavy atom. The van der Waals surface area contributed by atoms with Crippen molar-refractivity contribution in [2.45, 2.75) is 99.1 Å². The number of aliphatic imine (C=N–C) groups is 1. The molecule has 3 heteroatoms. The minimum absolute atomic E-state index is 0.304. The van der Waals surface area contributed by atoms with Gasteiger partial charge in [-0.2, -0.15) is 0 Å². The largest absolute Gasteiger partial charge is 0.361 e. The van der Waals surface area contributed by atoms with E-state index in [1.165, 1.54) is 70.3 Å². The summed E-state index contributed by atoms with van der Waals surface area (Å²) >= 11 is 0. The molecule has 1 atom stereocenters. The van der Waals surface area contributed by atoms with Gasteiger partial charge in [0.15, 0.2) is 0 Å². The highest BCUT2D eigenvalue weighted by atomic mass is 15.3. The molecular formula is C20H43N3. The van der Waals surface area contributed by atoms with E-state index in [0.717, 1.165) is 13.1 Å². The third kappa shape index (κ3) is 10.8. The Morgan fingerprint density at radius 3 is 1.52 bits per heavy atom. The number of amidine groups is 1. The van der Waals surface area contributed by atoms with Gasteiger partial charge in [-0.25, -0.2) is 0 Å². The third-order valence-electron chi connectivity index (χ3n) is 4.52. The van der Waals surface area contributed by atoms with Crippen LogP contribution < -0.4 is 0 Å². The van der Waals surface area contributed by atoms with Gasteiger partial charge in [-0.3, -0.25) is 9.89 Å². The Morgan fingerprint density at radius 2 is 1.13 bits per heavy atom. The zero-order valence-electron chi connectivity index (χ0n) is 16.9. The smallest absolute Gasteiger partial charge is 0.101 e. The molecule has 0 rings (SSSR count). The summed E-state index contributed by atoms with van der Waals surface area (Å²) in [6.07, 6.45) is 10.4. The number of nitrogens with zero attached hydrogens (tertiary/aromatic N) is 3. The highest BCUT2D eigenvalue weighted by Crippen LogP contribution is 2.09. The molecule has 0 fully saturated rings. The van der Waals surface area contributed by atoms with Gasteiger partial charge < -0.3 is 4.90 Å².